The van der Waals surface area contributed by atoms with Crippen LogP contribution in [0.2, 0.25) is 0 Å². The highest BCUT2D eigenvalue weighted by Gasteiger charge is 2.21. The molecule has 102 valence electrons. The molecule has 2 rings (SSSR count). The van der Waals surface area contributed by atoms with E-state index in [-0.39, 0.29) is 5.41 Å². The molecule has 1 aliphatic heterocycles. The highest BCUT2D eigenvalue weighted by molar-refractivity contribution is 5.29. The number of H-pyrrole nitrogens is 1. The Kier molecular flexibility index (Phi) is 3.90. The van der Waals surface area contributed by atoms with Gasteiger partial charge in [0.05, 0.1) is 0 Å². The molecule has 0 amide bonds. The van der Waals surface area contributed by atoms with Crippen molar-refractivity contribution in [2.24, 2.45) is 5.41 Å². The Hall–Kier alpha value is -1.10. The lowest BCUT2D eigenvalue weighted by atomic mass is 9.92. The van der Waals surface area contributed by atoms with E-state index in [1.165, 1.54) is 12.8 Å². The average Bonchev–Trinajstić information content (AvgIpc) is 2.75. The highest BCUT2D eigenvalue weighted by atomic mass is 15.4. The smallest absolute Gasteiger partial charge is 0.244 e. The number of aromatic amines is 1. The molecule has 2 heterocycles. The second-order valence-corrected chi connectivity index (χ2v) is 6.37. The lowest BCUT2D eigenvalue weighted by Gasteiger charge is -2.30. The van der Waals surface area contributed by atoms with Gasteiger partial charge in [-0.3, -0.25) is 5.10 Å². The highest BCUT2D eigenvalue weighted by Crippen LogP contribution is 2.20. The molecule has 1 saturated heterocycles. The molecule has 5 nitrogen and oxygen atoms in total. The molecule has 1 fully saturated rings. The SMILES string of the molecule is CNC1CCN(c2n[nH]c(CC(C)(C)C)n2)CC1. The molecular weight excluding hydrogens is 226 g/mol. The summed E-state index contributed by atoms with van der Waals surface area (Å²) in [6.45, 7) is 8.73. The summed E-state index contributed by atoms with van der Waals surface area (Å²) in [5.41, 5.74) is 0.246. The first-order valence-corrected chi connectivity index (χ1v) is 6.81. The van der Waals surface area contributed by atoms with Crippen molar-refractivity contribution in [2.45, 2.75) is 46.1 Å². The number of nitrogens with one attached hydrogen (secondary N) is 2. The van der Waals surface area contributed by atoms with E-state index in [1.54, 1.807) is 0 Å². The lowest BCUT2D eigenvalue weighted by molar-refractivity contribution is 0.401. The molecule has 1 aliphatic rings. The van der Waals surface area contributed by atoms with Crippen LogP contribution in [0.4, 0.5) is 5.95 Å². The van der Waals surface area contributed by atoms with Crippen molar-refractivity contribution in [1.29, 1.82) is 0 Å². The second kappa shape index (κ2) is 5.26. The standard InChI is InChI=1S/C13H25N5/c1-13(2,3)9-11-15-12(17-16-11)18-7-5-10(14-4)6-8-18/h10,14H,5-9H2,1-4H3,(H,15,16,17). The monoisotopic (exact) mass is 251 g/mol. The van der Waals surface area contributed by atoms with Crippen molar-refractivity contribution in [1.82, 2.24) is 20.5 Å². The topological polar surface area (TPSA) is 56.8 Å². The van der Waals surface area contributed by atoms with Gasteiger partial charge in [0, 0.05) is 25.6 Å². The van der Waals surface area contributed by atoms with Gasteiger partial charge in [-0.15, -0.1) is 5.10 Å². The number of aromatic nitrogens is 3. The maximum atomic E-state index is 4.61. The molecule has 18 heavy (non-hydrogen) atoms. The fourth-order valence-corrected chi connectivity index (χ4v) is 2.38. The first kappa shape index (κ1) is 13.3. The van der Waals surface area contributed by atoms with Crippen molar-refractivity contribution in [3.63, 3.8) is 0 Å². The third-order valence-electron chi connectivity index (χ3n) is 3.40. The molecule has 0 spiro atoms. The fourth-order valence-electron chi connectivity index (χ4n) is 2.38. The summed E-state index contributed by atoms with van der Waals surface area (Å²) in [4.78, 5) is 6.88. The van der Waals surface area contributed by atoms with Gasteiger partial charge in [-0.2, -0.15) is 4.98 Å². The van der Waals surface area contributed by atoms with Gasteiger partial charge in [0.1, 0.15) is 5.82 Å². The van der Waals surface area contributed by atoms with E-state index in [0.29, 0.717) is 6.04 Å². The predicted molar refractivity (Wildman–Crippen MR) is 73.8 cm³/mol. The Balaban J connectivity index is 1.94. The number of hydrogen-bond donors (Lipinski definition) is 2. The van der Waals surface area contributed by atoms with Gasteiger partial charge in [-0.25, -0.2) is 0 Å². The van der Waals surface area contributed by atoms with E-state index < -0.39 is 0 Å². The Morgan fingerprint density at radius 3 is 2.56 bits per heavy atom. The minimum atomic E-state index is 0.246. The fraction of sp³-hybridized carbons (Fsp3) is 0.846. The number of hydrogen-bond acceptors (Lipinski definition) is 4. The van der Waals surface area contributed by atoms with Gasteiger partial charge < -0.3 is 10.2 Å². The Morgan fingerprint density at radius 2 is 2.00 bits per heavy atom. The van der Waals surface area contributed by atoms with Gasteiger partial charge in [0.25, 0.3) is 0 Å². The largest absolute Gasteiger partial charge is 0.339 e. The maximum absolute atomic E-state index is 4.61. The minimum absolute atomic E-state index is 0.246. The predicted octanol–water partition coefficient (Wildman–Crippen LogP) is 1.58. The molecular formula is C13H25N5. The Morgan fingerprint density at radius 1 is 1.33 bits per heavy atom. The van der Waals surface area contributed by atoms with Gasteiger partial charge in [-0.1, -0.05) is 20.8 Å². The van der Waals surface area contributed by atoms with Crippen LogP contribution in [0.15, 0.2) is 0 Å². The van der Waals surface area contributed by atoms with Crippen LogP contribution < -0.4 is 10.2 Å². The number of anilines is 1. The van der Waals surface area contributed by atoms with Crippen LogP contribution in [0.25, 0.3) is 0 Å². The zero-order valence-corrected chi connectivity index (χ0v) is 12.0. The summed E-state index contributed by atoms with van der Waals surface area (Å²) >= 11 is 0. The Labute approximate surface area is 109 Å². The molecule has 0 atom stereocenters. The molecule has 0 bridgehead atoms. The van der Waals surface area contributed by atoms with Gasteiger partial charge >= 0.3 is 0 Å². The van der Waals surface area contributed by atoms with Crippen molar-refractivity contribution in [2.75, 3.05) is 25.0 Å². The first-order chi connectivity index (χ1) is 8.48. The molecule has 2 N–H and O–H groups in total. The number of piperidine rings is 1. The zero-order valence-electron chi connectivity index (χ0n) is 12.0. The molecule has 0 saturated carbocycles. The quantitative estimate of drug-likeness (QED) is 0.856. The summed E-state index contributed by atoms with van der Waals surface area (Å²) in [6.07, 6.45) is 3.27. The third-order valence-corrected chi connectivity index (χ3v) is 3.40. The number of rotatable bonds is 3. The van der Waals surface area contributed by atoms with Gasteiger partial charge in [0.15, 0.2) is 0 Å². The average molecular weight is 251 g/mol. The van der Waals surface area contributed by atoms with Crippen molar-refractivity contribution < 1.29 is 0 Å². The zero-order chi connectivity index (χ0) is 13.2. The van der Waals surface area contributed by atoms with Crippen molar-refractivity contribution >= 4 is 5.95 Å². The van der Waals surface area contributed by atoms with Crippen molar-refractivity contribution in [3.05, 3.63) is 5.82 Å². The molecule has 1 aromatic heterocycles. The second-order valence-electron chi connectivity index (χ2n) is 6.37. The van der Waals surface area contributed by atoms with E-state index in [9.17, 15) is 0 Å². The minimum Gasteiger partial charge on any atom is -0.339 e. The normalized spacial score (nSPS) is 18.3. The van der Waals surface area contributed by atoms with Gasteiger partial charge in [-0.05, 0) is 25.3 Å². The Bertz CT molecular complexity index is 371. The summed E-state index contributed by atoms with van der Waals surface area (Å²) in [7, 11) is 2.04. The summed E-state index contributed by atoms with van der Waals surface area (Å²) in [6, 6.07) is 0.647. The first-order valence-electron chi connectivity index (χ1n) is 6.81. The summed E-state index contributed by atoms with van der Waals surface area (Å²) in [5.74, 6) is 1.86. The van der Waals surface area contributed by atoms with Crippen molar-refractivity contribution in [3.8, 4) is 0 Å². The van der Waals surface area contributed by atoms with Crippen LogP contribution >= 0.6 is 0 Å². The third kappa shape index (κ3) is 3.45. The lowest BCUT2D eigenvalue weighted by Crippen LogP contribution is -2.41. The molecule has 0 unspecified atom stereocenters. The molecule has 0 aliphatic carbocycles. The van der Waals surface area contributed by atoms with Crippen LogP contribution in [0.1, 0.15) is 39.4 Å². The van der Waals surface area contributed by atoms with E-state index >= 15 is 0 Å². The van der Waals surface area contributed by atoms with E-state index in [4.69, 9.17) is 0 Å². The number of nitrogens with zero attached hydrogens (tertiary/aromatic N) is 3. The van der Waals surface area contributed by atoms with E-state index in [2.05, 4.69) is 46.2 Å². The van der Waals surface area contributed by atoms with Crippen LogP contribution in [0.5, 0.6) is 0 Å². The van der Waals surface area contributed by atoms with E-state index in [1.807, 2.05) is 7.05 Å². The van der Waals surface area contributed by atoms with Crippen LogP contribution in [0.3, 0.4) is 0 Å². The van der Waals surface area contributed by atoms with E-state index in [0.717, 1.165) is 31.3 Å². The molecule has 1 aromatic rings. The van der Waals surface area contributed by atoms with Gasteiger partial charge in [0.2, 0.25) is 5.95 Å². The van der Waals surface area contributed by atoms with Crippen LogP contribution in [-0.2, 0) is 6.42 Å². The molecule has 5 heteroatoms. The van der Waals surface area contributed by atoms with Crippen LogP contribution in [-0.4, -0.2) is 41.4 Å². The van der Waals surface area contributed by atoms with Crippen LogP contribution in [0, 0.1) is 5.41 Å². The molecule has 0 aromatic carbocycles. The summed E-state index contributed by atoms with van der Waals surface area (Å²) in [5, 5.41) is 10.7. The molecule has 0 radical (unpaired) electrons. The summed E-state index contributed by atoms with van der Waals surface area (Å²) < 4.78 is 0. The maximum Gasteiger partial charge on any atom is 0.244 e.